The molecule has 4 rings (SSSR count). The summed E-state index contributed by atoms with van der Waals surface area (Å²) in [5.41, 5.74) is 0. The van der Waals surface area contributed by atoms with Gasteiger partial charge in [0, 0.05) is 36.3 Å². The largest absolute Gasteiger partial charge is 0.253 e. The summed E-state index contributed by atoms with van der Waals surface area (Å²) < 4.78 is 3.37. The van der Waals surface area contributed by atoms with E-state index < -0.39 is 0 Å². The van der Waals surface area contributed by atoms with E-state index in [4.69, 9.17) is 0 Å². The second-order valence-corrected chi connectivity index (χ2v) is 6.69. The molecular formula is C13H12N8S2. The molecule has 23 heavy (non-hydrogen) atoms. The van der Waals surface area contributed by atoms with Crippen molar-refractivity contribution < 1.29 is 0 Å². The molecule has 0 aliphatic heterocycles. The Kier molecular flexibility index (Phi) is 4.07. The fourth-order valence-electron chi connectivity index (χ4n) is 1.94. The van der Waals surface area contributed by atoms with Gasteiger partial charge in [-0.15, -0.1) is 10.2 Å². The molecule has 0 aliphatic carbocycles. The Morgan fingerprint density at radius 3 is 1.78 bits per heavy atom. The number of hydrogen-bond donors (Lipinski definition) is 0. The normalized spacial score (nSPS) is 11.5. The number of nitrogens with zero attached hydrogens (tertiary/aromatic N) is 8. The summed E-state index contributed by atoms with van der Waals surface area (Å²) in [7, 11) is 0. The number of aromatic nitrogens is 8. The van der Waals surface area contributed by atoms with Crippen LogP contribution in [0.2, 0.25) is 0 Å². The fraction of sp³-hybridized carbons (Fsp3) is 0.231. The molecule has 0 aliphatic rings. The highest BCUT2D eigenvalue weighted by atomic mass is 32.2. The Morgan fingerprint density at radius 1 is 0.783 bits per heavy atom. The predicted molar refractivity (Wildman–Crippen MR) is 87.6 cm³/mol. The van der Waals surface area contributed by atoms with Crippen LogP contribution in [0.15, 0.2) is 47.2 Å². The molecule has 0 saturated carbocycles. The Balaban J connectivity index is 1.27. The second-order valence-electron chi connectivity index (χ2n) is 4.57. The highest BCUT2D eigenvalue weighted by Gasteiger charge is 2.06. The van der Waals surface area contributed by atoms with Gasteiger partial charge >= 0.3 is 0 Å². The molecule has 0 N–H and O–H groups in total. The lowest BCUT2D eigenvalue weighted by molar-refractivity contribution is 0.876. The van der Waals surface area contributed by atoms with Gasteiger partial charge in [0.05, 0.1) is 0 Å². The van der Waals surface area contributed by atoms with Crippen LogP contribution >= 0.6 is 23.5 Å². The Labute approximate surface area is 139 Å². The molecule has 0 radical (unpaired) electrons. The zero-order chi connectivity index (χ0) is 15.5. The van der Waals surface area contributed by atoms with Crippen molar-refractivity contribution >= 4 is 35.1 Å². The average Bonchev–Trinajstić information content (AvgIpc) is 3.17. The third-order valence-electron chi connectivity index (χ3n) is 2.95. The topological polar surface area (TPSA) is 86.2 Å². The predicted octanol–water partition coefficient (Wildman–Crippen LogP) is 1.84. The molecule has 4 aromatic rings. The van der Waals surface area contributed by atoms with Crippen LogP contribution in [0.25, 0.3) is 11.6 Å². The standard InChI is InChI=1S/C13H12N8S2/c1-4-14-10-16-12(18-20(10)6-1)22-8-3-9-23-13-17-11-15-5-2-7-21(11)19-13/h1-2,4-7H,3,8-9H2. The second kappa shape index (κ2) is 6.50. The van der Waals surface area contributed by atoms with Crippen molar-refractivity contribution in [3.63, 3.8) is 0 Å². The number of fused-ring (bicyclic) bond motifs is 2. The molecule has 0 saturated heterocycles. The smallest absolute Gasteiger partial charge is 0.220 e. The van der Waals surface area contributed by atoms with E-state index in [1.807, 2.05) is 24.5 Å². The van der Waals surface area contributed by atoms with Gasteiger partial charge in [-0.25, -0.2) is 19.0 Å². The SMILES string of the molecule is c1cnc2nc(SCCCSc3nc4ncccn4n3)nn2c1. The minimum absolute atomic E-state index is 0.630. The molecule has 0 amide bonds. The van der Waals surface area contributed by atoms with Gasteiger partial charge in [0.25, 0.3) is 11.6 Å². The van der Waals surface area contributed by atoms with Crippen LogP contribution in [0.3, 0.4) is 0 Å². The van der Waals surface area contributed by atoms with Crippen molar-refractivity contribution in [1.29, 1.82) is 0 Å². The van der Waals surface area contributed by atoms with Gasteiger partial charge in [-0.05, 0) is 18.6 Å². The Hall–Kier alpha value is -2.20. The van der Waals surface area contributed by atoms with Crippen molar-refractivity contribution in [2.75, 3.05) is 11.5 Å². The van der Waals surface area contributed by atoms with Crippen LogP contribution in [0.1, 0.15) is 6.42 Å². The summed E-state index contributed by atoms with van der Waals surface area (Å²) in [6.07, 6.45) is 8.13. The van der Waals surface area contributed by atoms with E-state index in [0.717, 1.165) is 28.2 Å². The molecule has 0 bridgehead atoms. The maximum Gasteiger partial charge on any atom is 0.253 e. The third-order valence-corrected chi connectivity index (χ3v) is 4.79. The lowest BCUT2D eigenvalue weighted by atomic mass is 10.6. The zero-order valence-electron chi connectivity index (χ0n) is 12.0. The minimum Gasteiger partial charge on any atom is -0.220 e. The van der Waals surface area contributed by atoms with E-state index in [1.165, 1.54) is 0 Å². The summed E-state index contributed by atoms with van der Waals surface area (Å²) in [6, 6.07) is 3.67. The number of hydrogen-bond acceptors (Lipinski definition) is 8. The molecular weight excluding hydrogens is 332 g/mol. The number of thioether (sulfide) groups is 2. The summed E-state index contributed by atoms with van der Waals surface area (Å²) in [6.45, 7) is 0. The van der Waals surface area contributed by atoms with Crippen LogP contribution in [-0.4, -0.2) is 50.7 Å². The van der Waals surface area contributed by atoms with Gasteiger partial charge in [0.2, 0.25) is 10.3 Å². The molecule has 8 nitrogen and oxygen atoms in total. The van der Waals surface area contributed by atoms with Crippen LogP contribution < -0.4 is 0 Å². The summed E-state index contributed by atoms with van der Waals surface area (Å²) in [4.78, 5) is 17.0. The van der Waals surface area contributed by atoms with Crippen LogP contribution in [0, 0.1) is 0 Å². The highest BCUT2D eigenvalue weighted by Crippen LogP contribution is 2.19. The maximum absolute atomic E-state index is 4.36. The fourth-order valence-corrected chi connectivity index (χ4v) is 3.64. The minimum atomic E-state index is 0.630. The number of rotatable bonds is 6. The van der Waals surface area contributed by atoms with Gasteiger partial charge in [0.15, 0.2) is 0 Å². The molecule has 10 heteroatoms. The van der Waals surface area contributed by atoms with Gasteiger partial charge in [-0.2, -0.15) is 9.97 Å². The van der Waals surface area contributed by atoms with Gasteiger partial charge < -0.3 is 0 Å². The van der Waals surface area contributed by atoms with Crippen LogP contribution in [0.4, 0.5) is 0 Å². The van der Waals surface area contributed by atoms with Crippen molar-refractivity contribution in [3.05, 3.63) is 36.9 Å². The Bertz CT molecular complexity index is 792. The van der Waals surface area contributed by atoms with Crippen LogP contribution in [0.5, 0.6) is 0 Å². The zero-order valence-corrected chi connectivity index (χ0v) is 13.6. The summed E-state index contributed by atoms with van der Waals surface area (Å²) >= 11 is 3.26. The quantitative estimate of drug-likeness (QED) is 0.387. The summed E-state index contributed by atoms with van der Waals surface area (Å²) in [5.74, 6) is 3.14. The van der Waals surface area contributed by atoms with Crippen LogP contribution in [-0.2, 0) is 0 Å². The third kappa shape index (κ3) is 3.27. The average molecular weight is 344 g/mol. The van der Waals surface area contributed by atoms with Crippen molar-refractivity contribution in [2.24, 2.45) is 0 Å². The van der Waals surface area contributed by atoms with Gasteiger partial charge in [-0.3, -0.25) is 0 Å². The van der Waals surface area contributed by atoms with E-state index in [2.05, 4.69) is 30.1 Å². The molecule has 0 unspecified atom stereocenters. The van der Waals surface area contributed by atoms with Crippen molar-refractivity contribution in [1.82, 2.24) is 39.2 Å². The van der Waals surface area contributed by atoms with E-state index in [1.54, 1.807) is 44.9 Å². The van der Waals surface area contributed by atoms with Gasteiger partial charge in [-0.1, -0.05) is 23.5 Å². The van der Waals surface area contributed by atoms with Crippen molar-refractivity contribution in [3.8, 4) is 0 Å². The molecule has 4 heterocycles. The van der Waals surface area contributed by atoms with E-state index >= 15 is 0 Å². The van der Waals surface area contributed by atoms with Gasteiger partial charge in [0.1, 0.15) is 0 Å². The Morgan fingerprint density at radius 2 is 1.30 bits per heavy atom. The van der Waals surface area contributed by atoms with Crippen molar-refractivity contribution in [2.45, 2.75) is 16.7 Å². The molecule has 0 fully saturated rings. The summed E-state index contributed by atoms with van der Waals surface area (Å²) in [5, 5.41) is 10.2. The lowest BCUT2D eigenvalue weighted by Crippen LogP contribution is -1.88. The molecule has 0 atom stereocenters. The molecule has 0 aromatic carbocycles. The molecule has 4 aromatic heterocycles. The van der Waals surface area contributed by atoms with E-state index in [9.17, 15) is 0 Å². The van der Waals surface area contributed by atoms with E-state index in [-0.39, 0.29) is 0 Å². The lowest BCUT2D eigenvalue weighted by Gasteiger charge is -1.95. The van der Waals surface area contributed by atoms with E-state index in [0.29, 0.717) is 11.6 Å². The first-order valence-electron chi connectivity index (χ1n) is 6.99. The first-order valence-corrected chi connectivity index (χ1v) is 8.96. The molecule has 0 spiro atoms. The first kappa shape index (κ1) is 14.4. The monoisotopic (exact) mass is 344 g/mol. The maximum atomic E-state index is 4.36. The first-order chi connectivity index (χ1) is 11.4. The molecule has 116 valence electrons. The highest BCUT2D eigenvalue weighted by molar-refractivity contribution is 8.00.